The van der Waals surface area contributed by atoms with Crippen molar-refractivity contribution < 1.29 is 23.5 Å². The van der Waals surface area contributed by atoms with Crippen LogP contribution in [0.5, 0.6) is 5.75 Å². The second kappa shape index (κ2) is 10.3. The molecule has 176 valence electrons. The van der Waals surface area contributed by atoms with Crippen molar-refractivity contribution in [3.8, 4) is 5.75 Å². The van der Waals surface area contributed by atoms with Gasteiger partial charge in [-0.05, 0) is 36.2 Å². The van der Waals surface area contributed by atoms with E-state index < -0.39 is 5.41 Å². The summed E-state index contributed by atoms with van der Waals surface area (Å²) in [4.78, 5) is 46.5. The molecular weight excluding hydrogens is 434 g/mol. The number of furan rings is 1. The first-order valence-electron chi connectivity index (χ1n) is 11.2. The monoisotopic (exact) mass is 461 g/mol. The fourth-order valence-corrected chi connectivity index (χ4v) is 4.21. The van der Waals surface area contributed by atoms with Crippen LogP contribution < -0.4 is 4.74 Å². The fourth-order valence-electron chi connectivity index (χ4n) is 4.21. The Kier molecular flexibility index (Phi) is 7.06. The van der Waals surface area contributed by atoms with E-state index in [9.17, 15) is 14.4 Å². The van der Waals surface area contributed by atoms with Gasteiger partial charge in [0.15, 0.2) is 0 Å². The number of carbonyl (C=O) groups excluding carboxylic acids is 3. The zero-order valence-electron chi connectivity index (χ0n) is 19.1. The summed E-state index contributed by atoms with van der Waals surface area (Å²) in [5, 5.41) is 0. The maximum atomic E-state index is 13.6. The number of benzene rings is 1. The molecule has 0 aliphatic carbocycles. The van der Waals surface area contributed by atoms with Crippen LogP contribution in [0.25, 0.3) is 0 Å². The molecule has 0 saturated carbocycles. The summed E-state index contributed by atoms with van der Waals surface area (Å²) in [6.07, 6.45) is 5.15. The van der Waals surface area contributed by atoms with E-state index in [1.807, 2.05) is 18.2 Å². The number of imide groups is 1. The molecule has 0 spiro atoms. The minimum atomic E-state index is -1.23. The number of aromatic nitrogens is 1. The van der Waals surface area contributed by atoms with Crippen molar-refractivity contribution in [1.82, 2.24) is 14.8 Å². The third-order valence-corrected chi connectivity index (χ3v) is 6.02. The van der Waals surface area contributed by atoms with Gasteiger partial charge in [-0.15, -0.1) is 0 Å². The van der Waals surface area contributed by atoms with Gasteiger partial charge < -0.3 is 14.1 Å². The van der Waals surface area contributed by atoms with Gasteiger partial charge in [-0.25, -0.2) is 0 Å². The number of amides is 3. The third-order valence-electron chi connectivity index (χ3n) is 6.02. The Morgan fingerprint density at radius 3 is 2.68 bits per heavy atom. The highest BCUT2D eigenvalue weighted by molar-refractivity contribution is 6.10. The van der Waals surface area contributed by atoms with E-state index in [0.717, 1.165) is 0 Å². The number of pyridine rings is 1. The first kappa shape index (κ1) is 23.2. The summed E-state index contributed by atoms with van der Waals surface area (Å²) in [6.45, 7) is 0.850. The number of hydrogen-bond donors (Lipinski definition) is 0. The molecule has 0 radical (unpaired) electrons. The summed E-state index contributed by atoms with van der Waals surface area (Å²) in [6, 6.07) is 16.2. The van der Waals surface area contributed by atoms with Crippen LogP contribution in [0.1, 0.15) is 30.6 Å². The molecule has 2 aromatic heterocycles. The van der Waals surface area contributed by atoms with Gasteiger partial charge in [0.1, 0.15) is 11.5 Å². The second-order valence-electron chi connectivity index (χ2n) is 8.37. The van der Waals surface area contributed by atoms with Crippen LogP contribution in [0.3, 0.4) is 0 Å². The highest BCUT2D eigenvalue weighted by atomic mass is 16.5. The Hall–Kier alpha value is -3.94. The molecule has 4 rings (SSSR count). The molecule has 1 unspecified atom stereocenters. The predicted molar refractivity (Wildman–Crippen MR) is 124 cm³/mol. The SMILES string of the molecule is CN(Cc1ccco1)C(=O)CC1(c2ccccc2)CC(=O)N(CCCOc2cccnc2)C1=O. The number of nitrogens with zero attached hydrogens (tertiary/aromatic N) is 3. The standard InChI is InChI=1S/C26H27N3O5/c1-28(19-22-11-6-14-34-22)23(30)16-26(20-8-3-2-4-9-20)17-24(31)29(25(26)32)13-7-15-33-21-10-5-12-27-18-21/h2-6,8-12,14,18H,7,13,15-17,19H2,1H3. The van der Waals surface area contributed by atoms with E-state index in [0.29, 0.717) is 30.1 Å². The smallest absolute Gasteiger partial charge is 0.240 e. The van der Waals surface area contributed by atoms with Crippen LogP contribution in [0, 0.1) is 0 Å². The number of rotatable bonds is 10. The maximum absolute atomic E-state index is 13.6. The van der Waals surface area contributed by atoms with E-state index in [2.05, 4.69) is 4.98 Å². The van der Waals surface area contributed by atoms with E-state index in [1.54, 1.807) is 62.1 Å². The van der Waals surface area contributed by atoms with Crippen LogP contribution in [0.2, 0.25) is 0 Å². The molecule has 1 aromatic carbocycles. The average Bonchev–Trinajstić information content (AvgIpc) is 3.45. The van der Waals surface area contributed by atoms with E-state index >= 15 is 0 Å². The Morgan fingerprint density at radius 1 is 1.15 bits per heavy atom. The fraction of sp³-hybridized carbons (Fsp3) is 0.308. The summed E-state index contributed by atoms with van der Waals surface area (Å²) in [7, 11) is 1.67. The minimum absolute atomic E-state index is 0.0420. The van der Waals surface area contributed by atoms with Crippen molar-refractivity contribution in [3.63, 3.8) is 0 Å². The summed E-state index contributed by atoms with van der Waals surface area (Å²) in [5.41, 5.74) is -0.556. The molecular formula is C26H27N3O5. The van der Waals surface area contributed by atoms with Gasteiger partial charge in [-0.1, -0.05) is 30.3 Å². The van der Waals surface area contributed by atoms with Crippen LogP contribution in [0.4, 0.5) is 0 Å². The molecule has 8 nitrogen and oxygen atoms in total. The molecule has 1 aliphatic heterocycles. The van der Waals surface area contributed by atoms with Gasteiger partial charge in [0.05, 0.1) is 31.0 Å². The molecule has 0 N–H and O–H groups in total. The van der Waals surface area contributed by atoms with E-state index in [1.165, 1.54) is 9.80 Å². The first-order chi connectivity index (χ1) is 16.5. The van der Waals surface area contributed by atoms with E-state index in [-0.39, 0.29) is 43.7 Å². The van der Waals surface area contributed by atoms with Crippen LogP contribution >= 0.6 is 0 Å². The van der Waals surface area contributed by atoms with Gasteiger partial charge in [-0.2, -0.15) is 0 Å². The van der Waals surface area contributed by atoms with Gasteiger partial charge >= 0.3 is 0 Å². The summed E-state index contributed by atoms with van der Waals surface area (Å²) < 4.78 is 11.0. The molecule has 3 aromatic rings. The van der Waals surface area contributed by atoms with Crippen LogP contribution in [0.15, 0.2) is 77.7 Å². The van der Waals surface area contributed by atoms with Crippen molar-refractivity contribution in [3.05, 3.63) is 84.6 Å². The lowest BCUT2D eigenvalue weighted by Gasteiger charge is -2.29. The molecule has 3 amide bonds. The second-order valence-corrected chi connectivity index (χ2v) is 8.37. The van der Waals surface area contributed by atoms with Gasteiger partial charge in [0.2, 0.25) is 17.7 Å². The zero-order chi connectivity index (χ0) is 24.0. The Labute approximate surface area is 198 Å². The molecule has 1 atom stereocenters. The Bertz CT molecular complexity index is 1120. The van der Waals surface area contributed by atoms with Crippen molar-refractivity contribution >= 4 is 17.7 Å². The van der Waals surface area contributed by atoms with Crippen LogP contribution in [-0.2, 0) is 26.3 Å². The number of likely N-dealkylation sites (tertiary alicyclic amines) is 1. The summed E-state index contributed by atoms with van der Waals surface area (Å²) in [5.74, 6) is 0.420. The minimum Gasteiger partial charge on any atom is -0.492 e. The van der Waals surface area contributed by atoms with Gasteiger partial charge in [0, 0.05) is 32.6 Å². The topological polar surface area (TPSA) is 93.0 Å². The maximum Gasteiger partial charge on any atom is 0.240 e. The quantitative estimate of drug-likeness (QED) is 0.340. The van der Waals surface area contributed by atoms with Crippen molar-refractivity contribution in [1.29, 1.82) is 0 Å². The number of ether oxygens (including phenoxy) is 1. The van der Waals surface area contributed by atoms with Gasteiger partial charge in [0.25, 0.3) is 0 Å². The molecule has 1 saturated heterocycles. The third kappa shape index (κ3) is 5.01. The lowest BCUT2D eigenvalue weighted by atomic mass is 9.75. The zero-order valence-corrected chi connectivity index (χ0v) is 19.1. The van der Waals surface area contributed by atoms with Crippen molar-refractivity contribution in [2.45, 2.75) is 31.2 Å². The lowest BCUT2D eigenvalue weighted by molar-refractivity contribution is -0.142. The van der Waals surface area contributed by atoms with Crippen molar-refractivity contribution in [2.75, 3.05) is 20.2 Å². The largest absolute Gasteiger partial charge is 0.492 e. The highest BCUT2D eigenvalue weighted by Crippen LogP contribution is 2.40. The van der Waals surface area contributed by atoms with Crippen molar-refractivity contribution in [2.24, 2.45) is 0 Å². The predicted octanol–water partition coefficient (Wildman–Crippen LogP) is 3.19. The normalized spacial score (nSPS) is 17.7. The lowest BCUT2D eigenvalue weighted by Crippen LogP contribution is -2.43. The number of carbonyl (C=O) groups is 3. The first-order valence-corrected chi connectivity index (χ1v) is 11.2. The molecule has 1 fully saturated rings. The van der Waals surface area contributed by atoms with Crippen LogP contribution in [-0.4, -0.2) is 52.7 Å². The molecule has 0 bridgehead atoms. The highest BCUT2D eigenvalue weighted by Gasteiger charge is 2.53. The molecule has 8 heteroatoms. The van der Waals surface area contributed by atoms with E-state index in [4.69, 9.17) is 9.15 Å². The summed E-state index contributed by atoms with van der Waals surface area (Å²) >= 11 is 0. The number of hydrogen-bond acceptors (Lipinski definition) is 6. The Morgan fingerprint density at radius 2 is 1.97 bits per heavy atom. The molecule has 3 heterocycles. The average molecular weight is 462 g/mol. The Balaban J connectivity index is 1.47. The molecule has 1 aliphatic rings. The van der Waals surface area contributed by atoms with Gasteiger partial charge in [-0.3, -0.25) is 24.3 Å². The molecule has 34 heavy (non-hydrogen) atoms.